The zero-order valence-corrected chi connectivity index (χ0v) is 9.55. The van der Waals surface area contributed by atoms with Gasteiger partial charge >= 0.3 is 0 Å². The number of hydrogen-bond acceptors (Lipinski definition) is 2. The van der Waals surface area contributed by atoms with Crippen LogP contribution in [0.25, 0.3) is 0 Å². The molecule has 0 spiro atoms. The van der Waals surface area contributed by atoms with E-state index in [0.29, 0.717) is 5.82 Å². The largest absolute Gasteiger partial charge is 0.229 e. The molecule has 0 N–H and O–H groups in total. The van der Waals surface area contributed by atoms with E-state index < -0.39 is 8.07 Å². The summed E-state index contributed by atoms with van der Waals surface area (Å²) in [4.78, 5) is 8.24. The van der Waals surface area contributed by atoms with Crippen LogP contribution in [0.3, 0.4) is 0 Å². The van der Waals surface area contributed by atoms with Crippen LogP contribution in [-0.4, -0.2) is 18.0 Å². The van der Waals surface area contributed by atoms with Crippen molar-refractivity contribution < 1.29 is 0 Å². The normalized spacial score (nSPS) is 10.5. The summed E-state index contributed by atoms with van der Waals surface area (Å²) >= 11 is 0. The Labute approximate surface area is 80.4 Å². The monoisotopic (exact) mass is 190 g/mol. The summed E-state index contributed by atoms with van der Waals surface area (Å²) in [5.74, 6) is 3.63. The van der Waals surface area contributed by atoms with E-state index in [4.69, 9.17) is 0 Å². The van der Waals surface area contributed by atoms with E-state index in [-0.39, 0.29) is 0 Å². The predicted molar refractivity (Wildman–Crippen MR) is 57.0 cm³/mol. The van der Waals surface area contributed by atoms with Crippen LogP contribution in [0, 0.1) is 18.4 Å². The number of aryl methyl sites for hydroxylation is 1. The molecule has 1 aromatic rings. The second kappa shape index (κ2) is 3.71. The van der Waals surface area contributed by atoms with Crippen molar-refractivity contribution in [3.05, 3.63) is 23.8 Å². The van der Waals surface area contributed by atoms with Gasteiger partial charge in [-0.25, -0.2) is 9.97 Å². The van der Waals surface area contributed by atoms with Crippen LogP contribution in [0.1, 0.15) is 11.4 Å². The molecule has 1 aromatic heterocycles. The maximum Gasteiger partial charge on any atom is 0.204 e. The molecule has 2 nitrogen and oxygen atoms in total. The van der Waals surface area contributed by atoms with Gasteiger partial charge in [-0.3, -0.25) is 0 Å². The molecule has 1 rings (SSSR count). The van der Waals surface area contributed by atoms with Gasteiger partial charge in [-0.05, 0) is 18.4 Å². The van der Waals surface area contributed by atoms with E-state index in [1.807, 2.05) is 6.92 Å². The molecule has 1 heterocycles. The summed E-state index contributed by atoms with van der Waals surface area (Å²) < 4.78 is 0. The first-order chi connectivity index (χ1) is 5.97. The summed E-state index contributed by atoms with van der Waals surface area (Å²) in [6.07, 6.45) is 3.59. The van der Waals surface area contributed by atoms with Gasteiger partial charge in [-0.1, -0.05) is 19.6 Å². The Hall–Kier alpha value is -1.14. The molecular weight excluding hydrogens is 176 g/mol. The Morgan fingerprint density at radius 1 is 1.15 bits per heavy atom. The van der Waals surface area contributed by atoms with Crippen molar-refractivity contribution in [2.45, 2.75) is 26.6 Å². The SMILES string of the molecule is Cc1cnc(C#C[Si](C)(C)C)nc1. The maximum absolute atomic E-state index is 4.12. The lowest BCUT2D eigenvalue weighted by atomic mass is 10.4. The van der Waals surface area contributed by atoms with Crippen LogP contribution in [-0.2, 0) is 0 Å². The highest BCUT2D eigenvalue weighted by atomic mass is 28.3. The summed E-state index contributed by atoms with van der Waals surface area (Å²) in [5, 5.41) is 0. The van der Waals surface area contributed by atoms with Gasteiger partial charge in [-0.2, -0.15) is 0 Å². The lowest BCUT2D eigenvalue weighted by molar-refractivity contribution is 1.09. The summed E-state index contributed by atoms with van der Waals surface area (Å²) in [7, 11) is -1.29. The van der Waals surface area contributed by atoms with Gasteiger partial charge < -0.3 is 0 Å². The number of aromatic nitrogens is 2. The number of nitrogens with zero attached hydrogens (tertiary/aromatic N) is 2. The van der Waals surface area contributed by atoms with Crippen LogP contribution < -0.4 is 0 Å². The van der Waals surface area contributed by atoms with Gasteiger partial charge in [-0.15, -0.1) is 5.54 Å². The van der Waals surface area contributed by atoms with Crippen LogP contribution in [0.2, 0.25) is 19.6 Å². The molecule has 0 saturated carbocycles. The van der Waals surface area contributed by atoms with Crippen LogP contribution in [0.5, 0.6) is 0 Å². The fourth-order valence-corrected chi connectivity index (χ4v) is 1.19. The second-order valence-electron chi connectivity index (χ2n) is 4.08. The fourth-order valence-electron chi connectivity index (χ4n) is 0.701. The topological polar surface area (TPSA) is 25.8 Å². The average molecular weight is 190 g/mol. The zero-order chi connectivity index (χ0) is 9.90. The van der Waals surface area contributed by atoms with Crippen LogP contribution in [0.15, 0.2) is 12.4 Å². The first kappa shape index (κ1) is 9.94. The Morgan fingerprint density at radius 2 is 1.69 bits per heavy atom. The van der Waals surface area contributed by atoms with E-state index in [0.717, 1.165) is 5.56 Å². The molecule has 68 valence electrons. The molecule has 0 aliphatic rings. The molecule has 0 amide bonds. The van der Waals surface area contributed by atoms with Gasteiger partial charge in [0.15, 0.2) is 0 Å². The fraction of sp³-hybridized carbons (Fsp3) is 0.400. The first-order valence-electron chi connectivity index (χ1n) is 4.29. The molecule has 0 saturated heterocycles. The average Bonchev–Trinajstić information content (AvgIpc) is 2.02. The Kier molecular flexibility index (Phi) is 2.84. The third kappa shape index (κ3) is 3.86. The van der Waals surface area contributed by atoms with E-state index in [2.05, 4.69) is 41.1 Å². The predicted octanol–water partition coefficient (Wildman–Crippen LogP) is 2.01. The van der Waals surface area contributed by atoms with E-state index in [9.17, 15) is 0 Å². The highest BCUT2D eigenvalue weighted by molar-refractivity contribution is 6.83. The number of rotatable bonds is 0. The summed E-state index contributed by atoms with van der Waals surface area (Å²) in [6, 6.07) is 0. The van der Waals surface area contributed by atoms with Crippen molar-refractivity contribution in [2.75, 3.05) is 0 Å². The van der Waals surface area contributed by atoms with E-state index >= 15 is 0 Å². The molecule has 0 radical (unpaired) electrons. The zero-order valence-electron chi connectivity index (χ0n) is 8.55. The quantitative estimate of drug-likeness (QED) is 0.462. The maximum atomic E-state index is 4.12. The third-order valence-corrected chi connectivity index (χ3v) is 2.21. The van der Waals surface area contributed by atoms with Crippen LogP contribution >= 0.6 is 0 Å². The smallest absolute Gasteiger partial charge is 0.204 e. The molecular formula is C10H14N2Si. The second-order valence-corrected chi connectivity index (χ2v) is 8.83. The highest BCUT2D eigenvalue weighted by Crippen LogP contribution is 1.97. The minimum atomic E-state index is -1.29. The first-order valence-corrected chi connectivity index (χ1v) is 7.79. The van der Waals surface area contributed by atoms with Crippen molar-refractivity contribution in [3.63, 3.8) is 0 Å². The molecule has 13 heavy (non-hydrogen) atoms. The van der Waals surface area contributed by atoms with Gasteiger partial charge in [0.25, 0.3) is 0 Å². The number of hydrogen-bond donors (Lipinski definition) is 0. The van der Waals surface area contributed by atoms with Crippen molar-refractivity contribution in [1.82, 2.24) is 9.97 Å². The molecule has 0 aliphatic heterocycles. The molecule has 0 bridgehead atoms. The molecule has 0 unspecified atom stereocenters. The Bertz CT molecular complexity index is 338. The van der Waals surface area contributed by atoms with Crippen molar-refractivity contribution in [2.24, 2.45) is 0 Å². The van der Waals surface area contributed by atoms with Crippen LogP contribution in [0.4, 0.5) is 0 Å². The third-order valence-electron chi connectivity index (χ3n) is 1.33. The molecule has 0 fully saturated rings. The Balaban J connectivity index is 2.85. The minimum absolute atomic E-state index is 0.632. The summed E-state index contributed by atoms with van der Waals surface area (Å²) in [6.45, 7) is 8.58. The molecule has 0 atom stereocenters. The van der Waals surface area contributed by atoms with Gasteiger partial charge in [0.1, 0.15) is 8.07 Å². The molecule has 3 heteroatoms. The molecule has 0 aliphatic carbocycles. The van der Waals surface area contributed by atoms with Crippen molar-refractivity contribution in [1.29, 1.82) is 0 Å². The molecule has 0 aromatic carbocycles. The summed E-state index contributed by atoms with van der Waals surface area (Å²) in [5.41, 5.74) is 4.29. The lowest BCUT2D eigenvalue weighted by Crippen LogP contribution is -2.16. The van der Waals surface area contributed by atoms with E-state index in [1.54, 1.807) is 12.4 Å². The lowest BCUT2D eigenvalue weighted by Gasteiger charge is -2.02. The highest BCUT2D eigenvalue weighted by Gasteiger charge is 2.07. The van der Waals surface area contributed by atoms with Gasteiger partial charge in [0.05, 0.1) is 0 Å². The standard InChI is InChI=1S/C10H14N2Si/c1-9-7-11-10(12-8-9)5-6-13(2,3)4/h7-8H,1-4H3. The van der Waals surface area contributed by atoms with Crippen molar-refractivity contribution >= 4 is 8.07 Å². The van der Waals surface area contributed by atoms with Gasteiger partial charge in [0.2, 0.25) is 5.82 Å². The minimum Gasteiger partial charge on any atom is -0.229 e. The van der Waals surface area contributed by atoms with E-state index in [1.165, 1.54) is 0 Å². The van der Waals surface area contributed by atoms with Crippen molar-refractivity contribution in [3.8, 4) is 11.5 Å². The van der Waals surface area contributed by atoms with Gasteiger partial charge in [0, 0.05) is 12.4 Å². The Morgan fingerprint density at radius 3 is 2.15 bits per heavy atom.